The number of amides is 1. The molecule has 0 fully saturated rings. The van der Waals surface area contributed by atoms with Crippen LogP contribution in [0.2, 0.25) is 0 Å². The second-order valence-electron chi connectivity index (χ2n) is 7.24. The predicted octanol–water partition coefficient (Wildman–Crippen LogP) is 3.00. The Balaban J connectivity index is 1.65. The van der Waals surface area contributed by atoms with Crippen LogP contribution in [0.1, 0.15) is 40.3 Å². The minimum absolute atomic E-state index is 0.0514. The number of benzene rings is 1. The molecular formula is C21H23N7O. The normalized spacial score (nSPS) is 12.3. The number of pyridine rings is 1. The lowest BCUT2D eigenvalue weighted by molar-refractivity contribution is 0.0744. The van der Waals surface area contributed by atoms with Crippen LogP contribution >= 0.6 is 0 Å². The summed E-state index contributed by atoms with van der Waals surface area (Å²) in [5.74, 6) is -0.0514. The van der Waals surface area contributed by atoms with E-state index in [9.17, 15) is 4.79 Å². The van der Waals surface area contributed by atoms with Gasteiger partial charge in [-0.15, -0.1) is 0 Å². The second kappa shape index (κ2) is 7.12. The number of carbonyl (C=O) groups is 1. The van der Waals surface area contributed by atoms with E-state index in [0.717, 1.165) is 33.7 Å². The lowest BCUT2D eigenvalue weighted by atomic mass is 10.0. The summed E-state index contributed by atoms with van der Waals surface area (Å²) in [6, 6.07) is 9.70. The van der Waals surface area contributed by atoms with E-state index in [1.807, 2.05) is 65.2 Å². The van der Waals surface area contributed by atoms with Crippen molar-refractivity contribution in [1.29, 1.82) is 0 Å². The van der Waals surface area contributed by atoms with Crippen LogP contribution < -0.4 is 0 Å². The van der Waals surface area contributed by atoms with Crippen molar-refractivity contribution < 1.29 is 4.79 Å². The van der Waals surface area contributed by atoms with Crippen molar-refractivity contribution in [2.45, 2.75) is 26.8 Å². The van der Waals surface area contributed by atoms with E-state index < -0.39 is 0 Å². The molecule has 4 aromatic rings. The lowest BCUT2D eigenvalue weighted by Crippen LogP contribution is -2.30. The minimum Gasteiger partial charge on any atom is -0.335 e. The maximum Gasteiger partial charge on any atom is 0.254 e. The molecule has 3 heterocycles. The number of aromatic nitrogens is 6. The molecule has 1 amide bonds. The van der Waals surface area contributed by atoms with Crippen molar-refractivity contribution in [1.82, 2.24) is 34.4 Å². The third-order valence-electron chi connectivity index (χ3n) is 5.29. The Morgan fingerprint density at radius 1 is 1.17 bits per heavy atom. The fourth-order valence-corrected chi connectivity index (χ4v) is 3.58. The van der Waals surface area contributed by atoms with Gasteiger partial charge in [-0.2, -0.15) is 10.2 Å². The van der Waals surface area contributed by atoms with Crippen molar-refractivity contribution in [2.24, 2.45) is 7.05 Å². The maximum atomic E-state index is 13.4. The molecule has 0 spiro atoms. The van der Waals surface area contributed by atoms with E-state index in [1.165, 1.54) is 6.33 Å². The standard InChI is InChI=1S/C21H23N7O/c1-13-10-18(19-14(2)25-27(5)20(19)24-13)21(29)26(4)15(3)16-6-8-17(9-7-16)28-12-22-11-23-28/h6-12,15H,1-5H3. The van der Waals surface area contributed by atoms with Crippen LogP contribution in [0.3, 0.4) is 0 Å². The lowest BCUT2D eigenvalue weighted by Gasteiger charge is -2.26. The maximum absolute atomic E-state index is 13.4. The number of fused-ring (bicyclic) bond motifs is 1. The summed E-state index contributed by atoms with van der Waals surface area (Å²) >= 11 is 0. The zero-order chi connectivity index (χ0) is 20.7. The molecule has 1 atom stereocenters. The average molecular weight is 389 g/mol. The molecule has 0 N–H and O–H groups in total. The van der Waals surface area contributed by atoms with Gasteiger partial charge in [0, 0.05) is 19.8 Å². The van der Waals surface area contributed by atoms with E-state index in [-0.39, 0.29) is 11.9 Å². The molecule has 8 heteroatoms. The fraction of sp³-hybridized carbons (Fsp3) is 0.286. The summed E-state index contributed by atoms with van der Waals surface area (Å²) in [5, 5.41) is 9.39. The van der Waals surface area contributed by atoms with Crippen LogP contribution in [0.15, 0.2) is 43.0 Å². The van der Waals surface area contributed by atoms with E-state index in [0.29, 0.717) is 5.56 Å². The quantitative estimate of drug-likeness (QED) is 0.536. The van der Waals surface area contributed by atoms with Crippen molar-refractivity contribution in [2.75, 3.05) is 7.05 Å². The van der Waals surface area contributed by atoms with Gasteiger partial charge in [0.25, 0.3) is 5.91 Å². The first kappa shape index (κ1) is 18.8. The highest BCUT2D eigenvalue weighted by atomic mass is 16.2. The number of carbonyl (C=O) groups excluding carboxylic acids is 1. The highest BCUT2D eigenvalue weighted by molar-refractivity contribution is 6.06. The Kier molecular flexibility index (Phi) is 4.62. The molecule has 0 aliphatic heterocycles. The van der Waals surface area contributed by atoms with Crippen molar-refractivity contribution in [3.63, 3.8) is 0 Å². The van der Waals surface area contributed by atoms with Crippen LogP contribution in [-0.4, -0.2) is 47.4 Å². The fourth-order valence-electron chi connectivity index (χ4n) is 3.58. The summed E-state index contributed by atoms with van der Waals surface area (Å²) in [6.07, 6.45) is 3.15. The molecule has 29 heavy (non-hydrogen) atoms. The Bertz CT molecular complexity index is 1180. The van der Waals surface area contributed by atoms with Crippen LogP contribution in [0.25, 0.3) is 16.7 Å². The number of rotatable bonds is 4. The van der Waals surface area contributed by atoms with Crippen LogP contribution in [0.4, 0.5) is 0 Å². The van der Waals surface area contributed by atoms with E-state index >= 15 is 0 Å². The Morgan fingerprint density at radius 3 is 2.55 bits per heavy atom. The molecule has 0 bridgehead atoms. The summed E-state index contributed by atoms with van der Waals surface area (Å²) in [4.78, 5) is 23.7. The Morgan fingerprint density at radius 2 is 1.90 bits per heavy atom. The minimum atomic E-state index is -0.104. The average Bonchev–Trinajstić information content (AvgIpc) is 3.35. The van der Waals surface area contributed by atoms with E-state index in [2.05, 4.69) is 20.2 Å². The molecule has 3 aromatic heterocycles. The number of hydrogen-bond acceptors (Lipinski definition) is 5. The molecule has 8 nitrogen and oxygen atoms in total. The SMILES string of the molecule is Cc1cc(C(=O)N(C)C(C)c2ccc(-n3cncn3)cc2)c2c(C)nn(C)c2n1. The van der Waals surface area contributed by atoms with Gasteiger partial charge in [-0.25, -0.2) is 14.6 Å². The molecule has 0 aliphatic carbocycles. The smallest absolute Gasteiger partial charge is 0.254 e. The zero-order valence-corrected chi connectivity index (χ0v) is 17.2. The first-order chi connectivity index (χ1) is 13.9. The van der Waals surface area contributed by atoms with Gasteiger partial charge in [0.2, 0.25) is 0 Å². The first-order valence-corrected chi connectivity index (χ1v) is 9.40. The molecule has 148 valence electrons. The summed E-state index contributed by atoms with van der Waals surface area (Å²) in [6.45, 7) is 5.82. The highest BCUT2D eigenvalue weighted by Crippen LogP contribution is 2.26. The van der Waals surface area contributed by atoms with Gasteiger partial charge in [-0.1, -0.05) is 12.1 Å². The molecular weight excluding hydrogens is 366 g/mol. The summed E-state index contributed by atoms with van der Waals surface area (Å²) in [7, 11) is 3.67. The van der Waals surface area contributed by atoms with Gasteiger partial charge >= 0.3 is 0 Å². The van der Waals surface area contributed by atoms with Gasteiger partial charge in [0.05, 0.1) is 28.4 Å². The third kappa shape index (κ3) is 3.26. The van der Waals surface area contributed by atoms with E-state index in [1.54, 1.807) is 20.6 Å². The number of aryl methyl sites for hydroxylation is 3. The molecule has 4 rings (SSSR count). The number of hydrogen-bond donors (Lipinski definition) is 0. The zero-order valence-electron chi connectivity index (χ0n) is 17.2. The molecule has 0 radical (unpaired) electrons. The van der Waals surface area contributed by atoms with Crippen LogP contribution in [-0.2, 0) is 7.05 Å². The molecule has 1 aromatic carbocycles. The van der Waals surface area contributed by atoms with Crippen molar-refractivity contribution >= 4 is 16.9 Å². The van der Waals surface area contributed by atoms with E-state index in [4.69, 9.17) is 0 Å². The molecule has 0 saturated carbocycles. The third-order valence-corrected chi connectivity index (χ3v) is 5.29. The summed E-state index contributed by atoms with van der Waals surface area (Å²) in [5.41, 5.74) is 4.91. The van der Waals surface area contributed by atoms with Crippen molar-refractivity contribution in [3.8, 4) is 5.69 Å². The van der Waals surface area contributed by atoms with Gasteiger partial charge in [0.1, 0.15) is 12.7 Å². The monoisotopic (exact) mass is 389 g/mol. The van der Waals surface area contributed by atoms with Crippen LogP contribution in [0, 0.1) is 13.8 Å². The van der Waals surface area contributed by atoms with Gasteiger partial charge in [-0.3, -0.25) is 9.48 Å². The highest BCUT2D eigenvalue weighted by Gasteiger charge is 2.24. The van der Waals surface area contributed by atoms with Crippen LogP contribution in [0.5, 0.6) is 0 Å². The second-order valence-corrected chi connectivity index (χ2v) is 7.24. The van der Waals surface area contributed by atoms with Gasteiger partial charge in [0.15, 0.2) is 5.65 Å². The Hall–Kier alpha value is -3.55. The predicted molar refractivity (Wildman–Crippen MR) is 110 cm³/mol. The van der Waals surface area contributed by atoms with Gasteiger partial charge < -0.3 is 4.90 Å². The summed E-state index contributed by atoms with van der Waals surface area (Å²) < 4.78 is 3.42. The Labute approximate surface area is 168 Å². The molecule has 0 aliphatic rings. The first-order valence-electron chi connectivity index (χ1n) is 9.40. The molecule has 1 unspecified atom stereocenters. The van der Waals surface area contributed by atoms with Gasteiger partial charge in [-0.05, 0) is 44.5 Å². The largest absolute Gasteiger partial charge is 0.335 e. The molecule has 0 saturated heterocycles. The topological polar surface area (TPSA) is 81.7 Å². The number of nitrogens with zero attached hydrogens (tertiary/aromatic N) is 7. The van der Waals surface area contributed by atoms with Crippen molar-refractivity contribution in [3.05, 3.63) is 65.5 Å².